The van der Waals surface area contributed by atoms with Crippen LogP contribution in [0.25, 0.3) is 0 Å². The first kappa shape index (κ1) is 13.0. The predicted molar refractivity (Wildman–Crippen MR) is 75.2 cm³/mol. The number of carbonyl (C=O) groups is 1. The molecule has 3 aliphatic carbocycles. The van der Waals surface area contributed by atoms with Crippen LogP contribution in [-0.2, 0) is 4.74 Å². The monoisotopic (exact) mass is 281 g/mol. The zero-order valence-electron chi connectivity index (χ0n) is 11.2. The smallest absolute Gasteiger partial charge is 0.407 e. The fraction of sp³-hybridized carbons (Fsp3) is 0.667. The SMILES string of the molecule is COC(=O)NC1C=CC=CC1(Cl)C12CCC(CC1)C2. The van der Waals surface area contributed by atoms with E-state index in [1.54, 1.807) is 0 Å². The second kappa shape index (κ2) is 4.55. The van der Waals surface area contributed by atoms with Crippen molar-refractivity contribution in [2.45, 2.75) is 43.0 Å². The van der Waals surface area contributed by atoms with Crippen molar-refractivity contribution in [2.75, 3.05) is 7.11 Å². The second-order valence-electron chi connectivity index (χ2n) is 6.05. The maximum atomic E-state index is 11.5. The molecule has 0 aliphatic heterocycles. The summed E-state index contributed by atoms with van der Waals surface area (Å²) >= 11 is 7.02. The van der Waals surface area contributed by atoms with Gasteiger partial charge in [0.25, 0.3) is 0 Å². The predicted octanol–water partition coefficient (Wildman–Crippen LogP) is 3.39. The van der Waals surface area contributed by atoms with Crippen LogP contribution < -0.4 is 5.32 Å². The lowest BCUT2D eigenvalue weighted by Crippen LogP contribution is -2.56. The van der Waals surface area contributed by atoms with Crippen molar-refractivity contribution in [3.63, 3.8) is 0 Å². The molecule has 1 N–H and O–H groups in total. The van der Waals surface area contributed by atoms with Crippen molar-refractivity contribution in [2.24, 2.45) is 11.3 Å². The molecule has 0 spiro atoms. The van der Waals surface area contributed by atoms with Crippen molar-refractivity contribution in [1.29, 1.82) is 0 Å². The number of nitrogens with one attached hydrogen (secondary N) is 1. The summed E-state index contributed by atoms with van der Waals surface area (Å²) in [5.41, 5.74) is 0.131. The van der Waals surface area contributed by atoms with Crippen molar-refractivity contribution >= 4 is 17.7 Å². The van der Waals surface area contributed by atoms with E-state index >= 15 is 0 Å². The summed E-state index contributed by atoms with van der Waals surface area (Å²) in [5.74, 6) is 0.828. The Labute approximate surface area is 119 Å². The van der Waals surface area contributed by atoms with Gasteiger partial charge in [-0.3, -0.25) is 0 Å². The molecule has 1 amide bonds. The third-order valence-electron chi connectivity index (χ3n) is 5.22. The van der Waals surface area contributed by atoms with Gasteiger partial charge in [-0.25, -0.2) is 4.79 Å². The normalized spacial score (nSPS) is 43.5. The third kappa shape index (κ3) is 1.90. The first-order valence-corrected chi connectivity index (χ1v) is 7.37. The van der Waals surface area contributed by atoms with Crippen LogP contribution in [0.4, 0.5) is 4.79 Å². The van der Waals surface area contributed by atoms with Crippen LogP contribution in [-0.4, -0.2) is 24.1 Å². The molecule has 0 radical (unpaired) electrons. The molecule has 2 unspecified atom stereocenters. The Kier molecular flexibility index (Phi) is 3.12. The van der Waals surface area contributed by atoms with E-state index in [9.17, 15) is 4.79 Å². The standard InChI is InChI=1S/C15H20ClNO2/c1-19-13(18)17-12-4-2-3-7-15(12,16)14-8-5-11(10-14)6-9-14/h2-4,7,11-12H,5-6,8-10H2,1H3,(H,17,18). The molecule has 0 aromatic carbocycles. The number of alkyl carbamates (subject to hydrolysis) is 1. The zero-order valence-corrected chi connectivity index (χ0v) is 12.0. The fourth-order valence-corrected chi connectivity index (χ4v) is 4.66. The molecule has 4 heteroatoms. The molecule has 3 nitrogen and oxygen atoms in total. The lowest BCUT2D eigenvalue weighted by Gasteiger charge is -2.46. The van der Waals surface area contributed by atoms with Gasteiger partial charge < -0.3 is 10.1 Å². The zero-order chi connectivity index (χ0) is 13.5. The van der Waals surface area contributed by atoms with Crippen LogP contribution in [0.5, 0.6) is 0 Å². The molecule has 3 rings (SSSR count). The number of amides is 1. The highest BCUT2D eigenvalue weighted by molar-refractivity contribution is 6.27. The van der Waals surface area contributed by atoms with Gasteiger partial charge in [0.2, 0.25) is 0 Å². The molecule has 0 saturated heterocycles. The van der Waals surface area contributed by atoms with E-state index in [2.05, 4.69) is 11.4 Å². The van der Waals surface area contributed by atoms with Gasteiger partial charge in [0.05, 0.1) is 18.0 Å². The molecule has 2 fully saturated rings. The molecule has 0 aromatic rings. The molecular weight excluding hydrogens is 262 g/mol. The summed E-state index contributed by atoms with van der Waals surface area (Å²) in [6.07, 6.45) is 13.6. The Hall–Kier alpha value is -0.960. The summed E-state index contributed by atoms with van der Waals surface area (Å²) in [6, 6.07) is -0.191. The number of halogens is 1. The summed E-state index contributed by atoms with van der Waals surface area (Å²) in [4.78, 5) is 11.0. The minimum absolute atomic E-state index is 0.131. The summed E-state index contributed by atoms with van der Waals surface area (Å²) in [6.45, 7) is 0. The maximum Gasteiger partial charge on any atom is 0.407 e. The van der Waals surface area contributed by atoms with Crippen molar-refractivity contribution in [3.05, 3.63) is 24.3 Å². The average Bonchev–Trinajstić information content (AvgIpc) is 3.03. The van der Waals surface area contributed by atoms with E-state index in [4.69, 9.17) is 16.3 Å². The van der Waals surface area contributed by atoms with Gasteiger partial charge in [-0.2, -0.15) is 0 Å². The van der Waals surface area contributed by atoms with Gasteiger partial charge in [-0.1, -0.05) is 24.3 Å². The number of hydrogen-bond acceptors (Lipinski definition) is 2. The first-order chi connectivity index (χ1) is 9.10. The van der Waals surface area contributed by atoms with Gasteiger partial charge in [0.15, 0.2) is 0 Å². The second-order valence-corrected chi connectivity index (χ2v) is 6.68. The quantitative estimate of drug-likeness (QED) is 0.788. The number of alkyl halides is 1. The molecule has 2 saturated carbocycles. The van der Waals surface area contributed by atoms with Crippen LogP contribution in [0.15, 0.2) is 24.3 Å². The molecule has 19 heavy (non-hydrogen) atoms. The van der Waals surface area contributed by atoms with Gasteiger partial charge in [0.1, 0.15) is 0 Å². The van der Waals surface area contributed by atoms with Gasteiger partial charge in [0, 0.05) is 0 Å². The molecular formula is C15H20ClNO2. The van der Waals surface area contributed by atoms with E-state index in [0.29, 0.717) is 0 Å². The molecule has 0 heterocycles. The van der Waals surface area contributed by atoms with E-state index in [-0.39, 0.29) is 11.5 Å². The highest BCUT2D eigenvalue weighted by Gasteiger charge is 2.59. The van der Waals surface area contributed by atoms with E-state index in [1.807, 2.05) is 18.2 Å². The minimum Gasteiger partial charge on any atom is -0.453 e. The Balaban J connectivity index is 1.89. The average molecular weight is 282 g/mol. The lowest BCUT2D eigenvalue weighted by molar-refractivity contribution is 0.154. The first-order valence-electron chi connectivity index (χ1n) is 6.99. The number of fused-ring (bicyclic) bond motifs is 2. The fourth-order valence-electron chi connectivity index (χ4n) is 4.19. The number of carbonyl (C=O) groups excluding carboxylic acids is 1. The lowest BCUT2D eigenvalue weighted by atomic mass is 9.67. The van der Waals surface area contributed by atoms with E-state index in [0.717, 1.165) is 5.92 Å². The Morgan fingerprint density at radius 3 is 2.68 bits per heavy atom. The maximum absolute atomic E-state index is 11.5. The highest BCUT2D eigenvalue weighted by atomic mass is 35.5. The van der Waals surface area contributed by atoms with Crippen molar-refractivity contribution < 1.29 is 9.53 Å². The van der Waals surface area contributed by atoms with Crippen molar-refractivity contribution in [3.8, 4) is 0 Å². The molecule has 2 bridgehead atoms. The molecule has 104 valence electrons. The topological polar surface area (TPSA) is 38.3 Å². The molecule has 0 aromatic heterocycles. The number of rotatable bonds is 2. The number of hydrogen-bond donors (Lipinski definition) is 1. The van der Waals surface area contributed by atoms with E-state index < -0.39 is 11.0 Å². The number of ether oxygens (including phenoxy) is 1. The molecule has 2 atom stereocenters. The van der Waals surface area contributed by atoms with Crippen LogP contribution >= 0.6 is 11.6 Å². The van der Waals surface area contributed by atoms with Gasteiger partial charge >= 0.3 is 6.09 Å². The summed E-state index contributed by atoms with van der Waals surface area (Å²) < 4.78 is 4.72. The van der Waals surface area contributed by atoms with Crippen LogP contribution in [0, 0.1) is 11.3 Å². The Morgan fingerprint density at radius 1 is 1.37 bits per heavy atom. The van der Waals surface area contributed by atoms with Crippen molar-refractivity contribution in [1.82, 2.24) is 5.32 Å². The Bertz CT molecular complexity index is 437. The van der Waals surface area contributed by atoms with Crippen LogP contribution in [0.1, 0.15) is 32.1 Å². The largest absolute Gasteiger partial charge is 0.453 e. The minimum atomic E-state index is -0.513. The highest BCUT2D eigenvalue weighted by Crippen LogP contribution is 2.63. The van der Waals surface area contributed by atoms with Gasteiger partial charge in [-0.15, -0.1) is 11.6 Å². The van der Waals surface area contributed by atoms with Crippen LogP contribution in [0.2, 0.25) is 0 Å². The van der Waals surface area contributed by atoms with Crippen LogP contribution in [0.3, 0.4) is 0 Å². The number of methoxy groups -OCH3 is 1. The summed E-state index contributed by atoms with van der Waals surface area (Å²) in [7, 11) is 1.38. The summed E-state index contributed by atoms with van der Waals surface area (Å²) in [5, 5.41) is 2.88. The Morgan fingerprint density at radius 2 is 2.11 bits per heavy atom. The number of allylic oxidation sites excluding steroid dienone is 2. The van der Waals surface area contributed by atoms with E-state index in [1.165, 1.54) is 39.2 Å². The third-order valence-corrected chi connectivity index (χ3v) is 5.98. The van der Waals surface area contributed by atoms with Gasteiger partial charge in [-0.05, 0) is 43.4 Å². The molecule has 3 aliphatic rings.